The van der Waals surface area contributed by atoms with Gasteiger partial charge in [-0.25, -0.2) is 0 Å². The fourth-order valence-corrected chi connectivity index (χ4v) is 3.35. The lowest BCUT2D eigenvalue weighted by Crippen LogP contribution is -2.31. The highest BCUT2D eigenvalue weighted by molar-refractivity contribution is 5.83. The van der Waals surface area contributed by atoms with Crippen LogP contribution in [-0.4, -0.2) is 22.8 Å². The van der Waals surface area contributed by atoms with Gasteiger partial charge in [-0.1, -0.05) is 31.4 Å². The summed E-state index contributed by atoms with van der Waals surface area (Å²) in [6, 6.07) is 8.24. The zero-order chi connectivity index (χ0) is 14.7. The molecule has 0 bridgehead atoms. The third kappa shape index (κ3) is 3.18. The number of fused-ring (bicyclic) bond motifs is 1. The fourth-order valence-electron chi connectivity index (χ4n) is 3.35. The number of rotatable bonds is 4. The molecule has 1 aliphatic rings. The van der Waals surface area contributed by atoms with Crippen molar-refractivity contribution in [2.24, 2.45) is 0 Å². The van der Waals surface area contributed by atoms with E-state index < -0.39 is 5.60 Å². The summed E-state index contributed by atoms with van der Waals surface area (Å²) >= 11 is 0. The van der Waals surface area contributed by atoms with E-state index in [1.54, 1.807) is 13.3 Å². The van der Waals surface area contributed by atoms with Crippen LogP contribution in [0.2, 0.25) is 0 Å². The highest BCUT2D eigenvalue weighted by Gasteiger charge is 2.28. The van der Waals surface area contributed by atoms with Crippen molar-refractivity contribution in [2.75, 3.05) is 7.11 Å². The Balaban J connectivity index is 1.82. The standard InChI is InChI=1S/C18H23NO2/c1-21-15-12-16-14(6-5-7-17(16)19-13-15)8-11-18(20)9-3-2-4-10-18/h5-7,12-13,20H,2-4,8-11H2,1H3. The molecule has 0 spiro atoms. The number of methoxy groups -OCH3 is 1. The summed E-state index contributed by atoms with van der Waals surface area (Å²) in [4.78, 5) is 4.44. The van der Waals surface area contributed by atoms with Gasteiger partial charge in [0.2, 0.25) is 0 Å². The fraction of sp³-hybridized carbons (Fsp3) is 0.500. The SMILES string of the molecule is COc1cnc2cccc(CCC3(O)CCCCC3)c2c1. The number of aromatic nitrogens is 1. The molecule has 0 saturated heterocycles. The molecule has 0 atom stereocenters. The first-order valence-corrected chi connectivity index (χ1v) is 7.84. The molecule has 0 radical (unpaired) electrons. The third-order valence-electron chi connectivity index (χ3n) is 4.67. The van der Waals surface area contributed by atoms with Gasteiger partial charge in [-0.15, -0.1) is 0 Å². The van der Waals surface area contributed by atoms with Gasteiger partial charge in [-0.05, 0) is 43.4 Å². The zero-order valence-corrected chi connectivity index (χ0v) is 12.6. The first-order valence-electron chi connectivity index (χ1n) is 7.84. The second kappa shape index (κ2) is 6.02. The van der Waals surface area contributed by atoms with E-state index >= 15 is 0 Å². The maximum atomic E-state index is 10.7. The van der Waals surface area contributed by atoms with E-state index in [2.05, 4.69) is 11.1 Å². The first kappa shape index (κ1) is 14.3. The van der Waals surface area contributed by atoms with E-state index in [4.69, 9.17) is 4.74 Å². The molecule has 1 N–H and O–H groups in total. The Morgan fingerprint density at radius 1 is 1.24 bits per heavy atom. The molecular weight excluding hydrogens is 262 g/mol. The molecule has 1 fully saturated rings. The number of aryl methyl sites for hydroxylation is 1. The van der Waals surface area contributed by atoms with Gasteiger partial charge >= 0.3 is 0 Å². The van der Waals surface area contributed by atoms with Crippen LogP contribution in [0.1, 0.15) is 44.1 Å². The van der Waals surface area contributed by atoms with Crippen molar-refractivity contribution in [3.8, 4) is 5.75 Å². The number of ether oxygens (including phenoxy) is 1. The van der Waals surface area contributed by atoms with Crippen molar-refractivity contribution in [2.45, 2.75) is 50.5 Å². The van der Waals surface area contributed by atoms with Gasteiger partial charge < -0.3 is 9.84 Å². The average molecular weight is 285 g/mol. The van der Waals surface area contributed by atoms with Crippen LogP contribution in [0.25, 0.3) is 10.9 Å². The maximum Gasteiger partial charge on any atom is 0.137 e. The average Bonchev–Trinajstić information content (AvgIpc) is 2.53. The Bertz CT molecular complexity index is 618. The van der Waals surface area contributed by atoms with E-state index in [0.717, 1.165) is 55.2 Å². The summed E-state index contributed by atoms with van der Waals surface area (Å²) in [5.74, 6) is 0.784. The molecule has 1 aliphatic carbocycles. The number of benzene rings is 1. The van der Waals surface area contributed by atoms with Crippen LogP contribution >= 0.6 is 0 Å². The maximum absolute atomic E-state index is 10.7. The second-order valence-electron chi connectivity index (χ2n) is 6.14. The van der Waals surface area contributed by atoms with Crippen molar-refractivity contribution in [1.82, 2.24) is 4.98 Å². The minimum absolute atomic E-state index is 0.466. The Labute approximate surface area is 126 Å². The van der Waals surface area contributed by atoms with Crippen LogP contribution in [-0.2, 0) is 6.42 Å². The summed E-state index contributed by atoms with van der Waals surface area (Å²) in [5, 5.41) is 11.8. The largest absolute Gasteiger partial charge is 0.495 e. The van der Waals surface area contributed by atoms with E-state index in [0.29, 0.717) is 0 Å². The van der Waals surface area contributed by atoms with Gasteiger partial charge in [-0.3, -0.25) is 4.98 Å². The van der Waals surface area contributed by atoms with Crippen LogP contribution in [0.5, 0.6) is 5.75 Å². The summed E-state index contributed by atoms with van der Waals surface area (Å²) in [6.07, 6.45) is 8.94. The molecule has 0 unspecified atom stereocenters. The molecule has 1 saturated carbocycles. The van der Waals surface area contributed by atoms with Gasteiger partial charge in [0.05, 0.1) is 24.4 Å². The number of aliphatic hydroxyl groups is 1. The van der Waals surface area contributed by atoms with E-state index in [1.807, 2.05) is 18.2 Å². The predicted octanol–water partition coefficient (Wildman–Crippen LogP) is 3.87. The molecular formula is C18H23NO2. The molecule has 3 heteroatoms. The van der Waals surface area contributed by atoms with E-state index in [1.165, 1.54) is 12.0 Å². The van der Waals surface area contributed by atoms with Crippen LogP contribution in [0.15, 0.2) is 30.5 Å². The van der Waals surface area contributed by atoms with Crippen LogP contribution in [0.4, 0.5) is 0 Å². The summed E-state index contributed by atoms with van der Waals surface area (Å²) < 4.78 is 5.28. The molecule has 3 nitrogen and oxygen atoms in total. The summed E-state index contributed by atoms with van der Waals surface area (Å²) in [5.41, 5.74) is 1.77. The molecule has 0 amide bonds. The van der Waals surface area contributed by atoms with Crippen LogP contribution in [0, 0.1) is 0 Å². The van der Waals surface area contributed by atoms with Crippen molar-refractivity contribution < 1.29 is 9.84 Å². The predicted molar refractivity (Wildman–Crippen MR) is 84.7 cm³/mol. The van der Waals surface area contributed by atoms with Crippen LogP contribution in [0.3, 0.4) is 0 Å². The van der Waals surface area contributed by atoms with Gasteiger partial charge in [-0.2, -0.15) is 0 Å². The lowest BCUT2D eigenvalue weighted by molar-refractivity contribution is -0.00335. The summed E-state index contributed by atoms with van der Waals surface area (Å²) in [6.45, 7) is 0. The normalized spacial score (nSPS) is 17.8. The van der Waals surface area contributed by atoms with Gasteiger partial charge in [0, 0.05) is 5.39 Å². The Kier molecular flexibility index (Phi) is 4.11. The Morgan fingerprint density at radius 3 is 2.81 bits per heavy atom. The highest BCUT2D eigenvalue weighted by Crippen LogP contribution is 2.33. The first-order chi connectivity index (χ1) is 10.2. The Hall–Kier alpha value is -1.61. The molecule has 1 aromatic heterocycles. The van der Waals surface area contributed by atoms with Gasteiger partial charge in [0.1, 0.15) is 5.75 Å². The zero-order valence-electron chi connectivity index (χ0n) is 12.6. The molecule has 112 valence electrons. The minimum Gasteiger partial charge on any atom is -0.495 e. The highest BCUT2D eigenvalue weighted by atomic mass is 16.5. The summed E-state index contributed by atoms with van der Waals surface area (Å²) in [7, 11) is 1.66. The molecule has 1 heterocycles. The van der Waals surface area contributed by atoms with Crippen molar-refractivity contribution in [1.29, 1.82) is 0 Å². The molecule has 3 rings (SSSR count). The third-order valence-corrected chi connectivity index (χ3v) is 4.67. The molecule has 21 heavy (non-hydrogen) atoms. The van der Waals surface area contributed by atoms with E-state index in [9.17, 15) is 5.11 Å². The van der Waals surface area contributed by atoms with Gasteiger partial charge in [0.25, 0.3) is 0 Å². The number of hydrogen-bond donors (Lipinski definition) is 1. The molecule has 2 aromatic rings. The lowest BCUT2D eigenvalue weighted by atomic mass is 9.80. The van der Waals surface area contributed by atoms with Crippen molar-refractivity contribution in [3.63, 3.8) is 0 Å². The van der Waals surface area contributed by atoms with Crippen molar-refractivity contribution >= 4 is 10.9 Å². The number of nitrogens with zero attached hydrogens (tertiary/aromatic N) is 1. The lowest BCUT2D eigenvalue weighted by Gasteiger charge is -2.32. The smallest absolute Gasteiger partial charge is 0.137 e. The molecule has 1 aromatic carbocycles. The quantitative estimate of drug-likeness (QED) is 0.927. The molecule has 0 aliphatic heterocycles. The van der Waals surface area contributed by atoms with Crippen molar-refractivity contribution in [3.05, 3.63) is 36.0 Å². The number of hydrogen-bond acceptors (Lipinski definition) is 3. The van der Waals surface area contributed by atoms with E-state index in [-0.39, 0.29) is 0 Å². The minimum atomic E-state index is -0.466. The topological polar surface area (TPSA) is 42.4 Å². The second-order valence-corrected chi connectivity index (χ2v) is 6.14. The number of pyridine rings is 1. The van der Waals surface area contributed by atoms with Crippen LogP contribution < -0.4 is 4.74 Å². The van der Waals surface area contributed by atoms with Gasteiger partial charge in [0.15, 0.2) is 0 Å². The Morgan fingerprint density at radius 2 is 2.05 bits per heavy atom. The monoisotopic (exact) mass is 285 g/mol.